The van der Waals surface area contributed by atoms with Crippen LogP contribution in [0.3, 0.4) is 0 Å². The van der Waals surface area contributed by atoms with E-state index in [-0.39, 0.29) is 22.2 Å². The number of anilines is 3. The van der Waals surface area contributed by atoms with E-state index in [0.29, 0.717) is 21.8 Å². The maximum atomic E-state index is 13.5. The number of carbonyl (C=O) groups excluding carboxylic acids is 3. The second-order valence-corrected chi connectivity index (χ2v) is 9.79. The number of carbonyl (C=O) groups is 3. The highest BCUT2D eigenvalue weighted by Crippen LogP contribution is 2.38. The molecule has 0 fully saturated rings. The Morgan fingerprint density at radius 1 is 0.769 bits per heavy atom. The first kappa shape index (κ1) is 25.9. The van der Waals surface area contributed by atoms with Gasteiger partial charge in [-0.1, -0.05) is 35.5 Å². The van der Waals surface area contributed by atoms with Gasteiger partial charge in [0.05, 0.1) is 5.69 Å². The van der Waals surface area contributed by atoms with E-state index in [1.165, 1.54) is 36.4 Å². The zero-order valence-electron chi connectivity index (χ0n) is 20.6. The van der Waals surface area contributed by atoms with Crippen LogP contribution in [0.1, 0.15) is 15.9 Å². The first-order valence-corrected chi connectivity index (χ1v) is 12.7. The molecule has 0 saturated carbocycles. The van der Waals surface area contributed by atoms with Crippen molar-refractivity contribution in [1.29, 1.82) is 0 Å². The summed E-state index contributed by atoms with van der Waals surface area (Å²) in [6, 6.07) is 24.4. The third kappa shape index (κ3) is 5.73. The highest BCUT2D eigenvalue weighted by Gasteiger charge is 2.40. The van der Waals surface area contributed by atoms with Gasteiger partial charge < -0.3 is 10.6 Å². The van der Waals surface area contributed by atoms with Gasteiger partial charge in [-0.25, -0.2) is 13.7 Å². The number of halogens is 2. The summed E-state index contributed by atoms with van der Waals surface area (Å²) in [5.41, 5.74) is 2.65. The molecule has 5 rings (SSSR count). The molecule has 1 aliphatic heterocycles. The zero-order chi connectivity index (χ0) is 27.5. The lowest BCUT2D eigenvalue weighted by Gasteiger charge is -2.15. The van der Waals surface area contributed by atoms with Crippen molar-refractivity contribution in [2.24, 2.45) is 0 Å². The van der Waals surface area contributed by atoms with Crippen molar-refractivity contribution in [3.63, 3.8) is 0 Å². The van der Waals surface area contributed by atoms with Crippen LogP contribution in [-0.2, 0) is 9.59 Å². The molecular formula is C30H21F2N3O3S. The summed E-state index contributed by atoms with van der Waals surface area (Å²) >= 11 is 1.04. The average Bonchev–Trinajstić information content (AvgIpc) is 3.15. The Morgan fingerprint density at radius 2 is 1.41 bits per heavy atom. The van der Waals surface area contributed by atoms with Crippen LogP contribution >= 0.6 is 11.8 Å². The smallest absolute Gasteiger partial charge is 0.283 e. The summed E-state index contributed by atoms with van der Waals surface area (Å²) < 4.78 is 26.9. The van der Waals surface area contributed by atoms with Crippen molar-refractivity contribution >= 4 is 46.5 Å². The van der Waals surface area contributed by atoms with Gasteiger partial charge in [0.1, 0.15) is 22.2 Å². The SMILES string of the molecule is Cc1ccc(C(=O)Nc2cccc(SC3=C(Nc4ccc(F)cc4)C(=O)N(c4ccc(F)cc4)C3=O)c2)cc1. The Balaban J connectivity index is 1.44. The number of nitrogens with zero attached hydrogens (tertiary/aromatic N) is 1. The second-order valence-electron chi connectivity index (χ2n) is 8.71. The summed E-state index contributed by atoms with van der Waals surface area (Å²) in [7, 11) is 0. The van der Waals surface area contributed by atoms with Crippen molar-refractivity contribution < 1.29 is 23.2 Å². The van der Waals surface area contributed by atoms with Crippen LogP contribution in [0, 0.1) is 18.6 Å². The lowest BCUT2D eigenvalue weighted by atomic mass is 10.1. The Hall–Kier alpha value is -4.76. The van der Waals surface area contributed by atoms with Crippen LogP contribution in [0.5, 0.6) is 0 Å². The minimum absolute atomic E-state index is 0.00460. The van der Waals surface area contributed by atoms with Gasteiger partial charge in [0.15, 0.2) is 0 Å². The molecule has 3 amide bonds. The molecule has 0 bridgehead atoms. The summed E-state index contributed by atoms with van der Waals surface area (Å²) in [5.74, 6) is -2.48. The number of hydrogen-bond acceptors (Lipinski definition) is 5. The number of hydrogen-bond donors (Lipinski definition) is 2. The van der Waals surface area contributed by atoms with Gasteiger partial charge in [-0.15, -0.1) is 0 Å². The van der Waals surface area contributed by atoms with Gasteiger partial charge in [0, 0.05) is 21.8 Å². The van der Waals surface area contributed by atoms with Gasteiger partial charge in [0.2, 0.25) is 0 Å². The topological polar surface area (TPSA) is 78.5 Å². The zero-order valence-corrected chi connectivity index (χ0v) is 21.4. The lowest BCUT2D eigenvalue weighted by Crippen LogP contribution is -2.32. The maximum absolute atomic E-state index is 13.5. The first-order valence-electron chi connectivity index (χ1n) is 11.9. The molecule has 0 aliphatic carbocycles. The van der Waals surface area contributed by atoms with Crippen LogP contribution in [0.2, 0.25) is 0 Å². The molecule has 0 radical (unpaired) electrons. The summed E-state index contributed by atoms with van der Waals surface area (Å²) in [5, 5.41) is 5.78. The number of benzene rings is 4. The van der Waals surface area contributed by atoms with Crippen molar-refractivity contribution in [3.8, 4) is 0 Å². The van der Waals surface area contributed by atoms with Gasteiger partial charge in [0.25, 0.3) is 17.7 Å². The van der Waals surface area contributed by atoms with Crippen LogP contribution in [0.4, 0.5) is 25.8 Å². The number of thioether (sulfide) groups is 1. The average molecular weight is 542 g/mol. The van der Waals surface area contributed by atoms with Crippen LogP contribution in [-0.4, -0.2) is 17.7 Å². The molecule has 39 heavy (non-hydrogen) atoms. The highest BCUT2D eigenvalue weighted by atomic mass is 32.2. The molecule has 2 N–H and O–H groups in total. The summed E-state index contributed by atoms with van der Waals surface area (Å²) in [6.07, 6.45) is 0. The van der Waals surface area contributed by atoms with E-state index in [4.69, 9.17) is 0 Å². The Morgan fingerprint density at radius 3 is 2.08 bits per heavy atom. The Labute approximate surface area is 227 Å². The molecule has 9 heteroatoms. The summed E-state index contributed by atoms with van der Waals surface area (Å²) in [6.45, 7) is 1.93. The fourth-order valence-electron chi connectivity index (χ4n) is 3.88. The minimum atomic E-state index is -0.637. The third-order valence-electron chi connectivity index (χ3n) is 5.87. The highest BCUT2D eigenvalue weighted by molar-refractivity contribution is 8.04. The second kappa shape index (κ2) is 10.9. The van der Waals surface area contributed by atoms with Crippen molar-refractivity contribution in [1.82, 2.24) is 0 Å². The first-order chi connectivity index (χ1) is 18.8. The van der Waals surface area contributed by atoms with Gasteiger partial charge in [-0.05, 0) is 85.8 Å². The number of nitrogens with one attached hydrogen (secondary N) is 2. The molecule has 0 saturated heterocycles. The molecule has 1 heterocycles. The molecular weight excluding hydrogens is 520 g/mol. The standard InChI is InChI=1S/C30H21F2N3O3S/c1-18-5-7-19(8-6-18)28(36)34-23-3-2-4-25(17-23)39-27-26(33-22-13-9-20(31)10-14-22)29(37)35(30(27)38)24-15-11-21(32)12-16-24/h2-17,33H,1H3,(H,34,36). The van der Waals surface area contributed by atoms with E-state index in [1.54, 1.807) is 36.4 Å². The van der Waals surface area contributed by atoms with Gasteiger partial charge in [-0.3, -0.25) is 14.4 Å². The molecule has 0 spiro atoms. The predicted molar refractivity (Wildman–Crippen MR) is 147 cm³/mol. The van der Waals surface area contributed by atoms with Gasteiger partial charge >= 0.3 is 0 Å². The third-order valence-corrected chi connectivity index (χ3v) is 6.94. The van der Waals surface area contributed by atoms with E-state index in [2.05, 4.69) is 10.6 Å². The number of aryl methyl sites for hydroxylation is 1. The Bertz CT molecular complexity index is 1600. The van der Waals surface area contributed by atoms with Crippen molar-refractivity contribution in [3.05, 3.63) is 130 Å². The van der Waals surface area contributed by atoms with E-state index < -0.39 is 23.4 Å². The predicted octanol–water partition coefficient (Wildman–Crippen LogP) is 6.51. The minimum Gasteiger partial charge on any atom is -0.350 e. The van der Waals surface area contributed by atoms with Crippen LogP contribution in [0.25, 0.3) is 0 Å². The Kier molecular flexibility index (Phi) is 7.25. The fourth-order valence-corrected chi connectivity index (χ4v) is 4.87. The fraction of sp³-hybridized carbons (Fsp3) is 0.0333. The molecule has 194 valence electrons. The maximum Gasteiger partial charge on any atom is 0.283 e. The van der Waals surface area contributed by atoms with Crippen LogP contribution in [0.15, 0.2) is 113 Å². The largest absolute Gasteiger partial charge is 0.350 e. The lowest BCUT2D eigenvalue weighted by molar-refractivity contribution is -0.120. The molecule has 4 aromatic carbocycles. The van der Waals surface area contributed by atoms with Gasteiger partial charge in [-0.2, -0.15) is 0 Å². The normalized spacial score (nSPS) is 13.2. The quantitative estimate of drug-likeness (QED) is 0.261. The van der Waals surface area contributed by atoms with E-state index in [1.807, 2.05) is 19.1 Å². The monoisotopic (exact) mass is 541 g/mol. The number of amides is 3. The summed E-state index contributed by atoms with van der Waals surface area (Å²) in [4.78, 5) is 41.2. The molecule has 4 aromatic rings. The molecule has 0 aromatic heterocycles. The van der Waals surface area contributed by atoms with Crippen molar-refractivity contribution in [2.45, 2.75) is 11.8 Å². The molecule has 0 unspecified atom stereocenters. The molecule has 1 aliphatic rings. The van der Waals surface area contributed by atoms with Crippen molar-refractivity contribution in [2.75, 3.05) is 15.5 Å². The van der Waals surface area contributed by atoms with Crippen LogP contribution < -0.4 is 15.5 Å². The molecule has 0 atom stereocenters. The molecule has 6 nitrogen and oxygen atoms in total. The number of rotatable bonds is 7. The number of imide groups is 1. The van der Waals surface area contributed by atoms with E-state index >= 15 is 0 Å². The van der Waals surface area contributed by atoms with E-state index in [0.717, 1.165) is 34.4 Å². The van der Waals surface area contributed by atoms with E-state index in [9.17, 15) is 23.2 Å².